The largest absolute Gasteiger partial charge is 0.385 e. The number of benzene rings is 1. The zero-order chi connectivity index (χ0) is 9.26. The van der Waals surface area contributed by atoms with Crippen molar-refractivity contribution in [2.75, 3.05) is 0 Å². The molecule has 0 aliphatic rings. The van der Waals surface area contributed by atoms with Crippen molar-refractivity contribution >= 4 is 10.9 Å². The van der Waals surface area contributed by atoms with Crippen molar-refractivity contribution in [3.63, 3.8) is 0 Å². The second-order valence-corrected chi connectivity index (χ2v) is 3.00. The number of para-hydroxylation sites is 1. The van der Waals surface area contributed by atoms with E-state index in [1.165, 1.54) is 0 Å². The third-order valence-electron chi connectivity index (χ3n) is 2.03. The molecular weight excluding hydrogens is 162 g/mol. The molecule has 1 N–H and O–H groups in total. The van der Waals surface area contributed by atoms with Crippen LogP contribution in [0.15, 0.2) is 30.3 Å². The number of hydrogen-bond donors (Lipinski definition) is 1. The van der Waals surface area contributed by atoms with E-state index in [-0.39, 0.29) is 0 Å². The van der Waals surface area contributed by atoms with Gasteiger partial charge in [-0.05, 0) is 13.0 Å². The molecule has 0 aliphatic heterocycles. The highest BCUT2D eigenvalue weighted by molar-refractivity contribution is 5.82. The molecule has 0 bridgehead atoms. The molecule has 0 fully saturated rings. The predicted octanol–water partition coefficient (Wildman–Crippen LogP) is 2.43. The number of aromatic nitrogens is 1. The highest BCUT2D eigenvalue weighted by Gasteiger charge is 2.00. The molecular formula is C11H10NO. The fourth-order valence-electron chi connectivity index (χ4n) is 1.37. The minimum absolute atomic E-state index is 0.765. The Balaban J connectivity index is 2.79. The summed E-state index contributed by atoms with van der Waals surface area (Å²) in [5.41, 5.74) is 2.58. The lowest BCUT2D eigenvalue weighted by atomic mass is 10.1. The molecule has 2 rings (SSSR count). The molecule has 0 amide bonds. The molecule has 2 heteroatoms. The molecule has 1 radical (unpaired) electrons. The molecule has 0 saturated heterocycles. The Labute approximate surface area is 76.9 Å². The van der Waals surface area contributed by atoms with E-state index in [4.69, 9.17) is 5.11 Å². The molecule has 0 atom stereocenters. The van der Waals surface area contributed by atoms with Crippen LogP contribution in [0.25, 0.3) is 10.9 Å². The number of hydrogen-bond acceptors (Lipinski definition) is 2. The molecule has 2 aromatic rings. The van der Waals surface area contributed by atoms with Crippen LogP contribution in [0.4, 0.5) is 0 Å². The maximum Gasteiger partial charge on any atom is 0.111 e. The van der Waals surface area contributed by atoms with Gasteiger partial charge in [-0.2, -0.15) is 0 Å². The van der Waals surface area contributed by atoms with Crippen LogP contribution >= 0.6 is 0 Å². The summed E-state index contributed by atoms with van der Waals surface area (Å²) in [4.78, 5) is 4.36. The summed E-state index contributed by atoms with van der Waals surface area (Å²) < 4.78 is 0. The molecule has 1 heterocycles. The van der Waals surface area contributed by atoms with Gasteiger partial charge in [0.15, 0.2) is 0 Å². The van der Waals surface area contributed by atoms with Gasteiger partial charge in [0.25, 0.3) is 0 Å². The molecule has 0 aliphatic carbocycles. The normalized spacial score (nSPS) is 10.6. The van der Waals surface area contributed by atoms with E-state index >= 15 is 0 Å². The zero-order valence-corrected chi connectivity index (χ0v) is 7.36. The van der Waals surface area contributed by atoms with Gasteiger partial charge in [0.2, 0.25) is 0 Å². The van der Waals surface area contributed by atoms with Crippen LogP contribution in [0.1, 0.15) is 11.3 Å². The van der Waals surface area contributed by atoms with E-state index in [9.17, 15) is 0 Å². The van der Waals surface area contributed by atoms with Gasteiger partial charge in [-0.3, -0.25) is 4.98 Å². The fraction of sp³-hybridized carbons (Fsp3) is 0.0909. The summed E-state index contributed by atoms with van der Waals surface area (Å²) in [7, 11) is 0. The summed E-state index contributed by atoms with van der Waals surface area (Å²) in [6.07, 6.45) is 0. The molecule has 0 unspecified atom stereocenters. The Hall–Kier alpha value is -1.41. The van der Waals surface area contributed by atoms with Crippen LogP contribution < -0.4 is 0 Å². The number of fused-ring (bicyclic) bond motifs is 1. The van der Waals surface area contributed by atoms with Crippen molar-refractivity contribution in [1.82, 2.24) is 4.98 Å². The molecule has 2 nitrogen and oxygen atoms in total. The quantitative estimate of drug-likeness (QED) is 0.716. The van der Waals surface area contributed by atoms with Crippen molar-refractivity contribution < 1.29 is 5.11 Å². The van der Waals surface area contributed by atoms with Crippen molar-refractivity contribution in [2.45, 2.75) is 6.92 Å². The van der Waals surface area contributed by atoms with E-state index in [0.29, 0.717) is 0 Å². The van der Waals surface area contributed by atoms with Gasteiger partial charge < -0.3 is 5.11 Å². The van der Waals surface area contributed by atoms with E-state index < -0.39 is 0 Å². The number of aliphatic hydroxyl groups is 1. The highest BCUT2D eigenvalue weighted by Crippen LogP contribution is 2.17. The van der Waals surface area contributed by atoms with Crippen molar-refractivity contribution in [1.29, 1.82) is 0 Å². The maximum atomic E-state index is 8.96. The van der Waals surface area contributed by atoms with E-state index in [2.05, 4.69) is 4.98 Å². The molecule has 0 spiro atoms. The summed E-state index contributed by atoms with van der Waals surface area (Å²) in [6, 6.07) is 9.69. The molecule has 1 aromatic heterocycles. The number of pyridine rings is 1. The lowest BCUT2D eigenvalue weighted by Gasteiger charge is -2.02. The average molecular weight is 172 g/mol. The Morgan fingerprint density at radius 2 is 2.08 bits per heavy atom. The smallest absolute Gasteiger partial charge is 0.111 e. The van der Waals surface area contributed by atoms with Crippen LogP contribution in [0.3, 0.4) is 0 Å². The first kappa shape index (κ1) is 8.20. The highest BCUT2D eigenvalue weighted by atomic mass is 16.3. The van der Waals surface area contributed by atoms with Crippen LogP contribution in [-0.2, 0) is 0 Å². The first-order valence-electron chi connectivity index (χ1n) is 4.15. The van der Waals surface area contributed by atoms with Crippen molar-refractivity contribution in [3.05, 3.63) is 48.2 Å². The third-order valence-corrected chi connectivity index (χ3v) is 2.03. The Morgan fingerprint density at radius 1 is 1.23 bits per heavy atom. The monoisotopic (exact) mass is 172 g/mol. The van der Waals surface area contributed by atoms with Gasteiger partial charge in [0, 0.05) is 16.6 Å². The van der Waals surface area contributed by atoms with Gasteiger partial charge in [0.1, 0.15) is 6.61 Å². The average Bonchev–Trinajstić information content (AvgIpc) is 2.17. The van der Waals surface area contributed by atoms with Crippen LogP contribution in [0.5, 0.6) is 0 Å². The van der Waals surface area contributed by atoms with Crippen molar-refractivity contribution in [3.8, 4) is 0 Å². The number of rotatable bonds is 1. The Bertz CT molecular complexity index is 437. The topological polar surface area (TPSA) is 33.1 Å². The Morgan fingerprint density at radius 3 is 2.85 bits per heavy atom. The maximum absolute atomic E-state index is 8.96. The number of nitrogens with zero attached hydrogens (tertiary/aromatic N) is 1. The van der Waals surface area contributed by atoms with Crippen LogP contribution in [-0.4, -0.2) is 10.1 Å². The standard InChI is InChI=1S/C11H10NO/c1-8-5-6-9-3-2-4-10(7-13)11(9)12-8/h2-7,13H,1H3. The number of aliphatic hydroxyl groups excluding tert-OH is 1. The second kappa shape index (κ2) is 3.15. The first-order valence-corrected chi connectivity index (χ1v) is 4.15. The van der Waals surface area contributed by atoms with Crippen LogP contribution in [0, 0.1) is 13.5 Å². The lowest BCUT2D eigenvalue weighted by Crippen LogP contribution is -1.88. The summed E-state index contributed by atoms with van der Waals surface area (Å²) >= 11 is 0. The second-order valence-electron chi connectivity index (χ2n) is 3.00. The minimum Gasteiger partial charge on any atom is -0.385 e. The SMILES string of the molecule is Cc1ccc2cccc([CH]O)c2n1. The summed E-state index contributed by atoms with van der Waals surface area (Å²) in [5.74, 6) is 0. The molecule has 0 saturated carbocycles. The van der Waals surface area contributed by atoms with Gasteiger partial charge in [0.05, 0.1) is 5.52 Å². The predicted molar refractivity (Wildman–Crippen MR) is 51.8 cm³/mol. The Kier molecular flexibility index (Phi) is 1.99. The third kappa shape index (κ3) is 1.40. The van der Waals surface area contributed by atoms with E-state index in [1.54, 1.807) is 0 Å². The van der Waals surface area contributed by atoms with Gasteiger partial charge >= 0.3 is 0 Å². The van der Waals surface area contributed by atoms with Crippen LogP contribution in [0.2, 0.25) is 0 Å². The first-order chi connectivity index (χ1) is 6.31. The zero-order valence-electron chi connectivity index (χ0n) is 7.36. The minimum atomic E-state index is 0.765. The summed E-state index contributed by atoms with van der Waals surface area (Å²) in [6.45, 7) is 3.03. The van der Waals surface area contributed by atoms with Gasteiger partial charge in [-0.15, -0.1) is 0 Å². The number of aryl methyl sites for hydroxylation is 1. The molecule has 13 heavy (non-hydrogen) atoms. The fourth-order valence-corrected chi connectivity index (χ4v) is 1.37. The van der Waals surface area contributed by atoms with Gasteiger partial charge in [-0.1, -0.05) is 24.3 Å². The van der Waals surface area contributed by atoms with Gasteiger partial charge in [-0.25, -0.2) is 0 Å². The molecule has 1 aromatic carbocycles. The van der Waals surface area contributed by atoms with Crippen molar-refractivity contribution in [2.24, 2.45) is 0 Å². The summed E-state index contributed by atoms with van der Waals surface area (Å²) in [5, 5.41) is 10.0. The molecule has 65 valence electrons. The van der Waals surface area contributed by atoms with E-state index in [1.807, 2.05) is 37.3 Å². The lowest BCUT2D eigenvalue weighted by molar-refractivity contribution is 0.416. The van der Waals surface area contributed by atoms with E-state index in [0.717, 1.165) is 28.8 Å².